The quantitative estimate of drug-likeness (QED) is 0.626. The van der Waals surface area contributed by atoms with Gasteiger partial charge in [-0.15, -0.1) is 0 Å². The van der Waals surface area contributed by atoms with E-state index in [2.05, 4.69) is 0 Å². The lowest BCUT2D eigenvalue weighted by Gasteiger charge is -2.15. The molecule has 1 saturated heterocycles. The molecular formula is C14H13Cl2NO4. The van der Waals surface area contributed by atoms with E-state index in [4.69, 9.17) is 27.9 Å². The van der Waals surface area contributed by atoms with Gasteiger partial charge in [-0.1, -0.05) is 29.3 Å². The van der Waals surface area contributed by atoms with Crippen molar-refractivity contribution in [3.05, 3.63) is 33.8 Å². The number of hydrogen-bond acceptors (Lipinski definition) is 4. The fourth-order valence-corrected chi connectivity index (χ4v) is 2.45. The Bertz CT molecular complexity index is 603. The van der Waals surface area contributed by atoms with Crippen molar-refractivity contribution in [2.75, 3.05) is 13.2 Å². The van der Waals surface area contributed by atoms with E-state index in [1.807, 2.05) is 0 Å². The highest BCUT2D eigenvalue weighted by Gasteiger charge is 2.45. The van der Waals surface area contributed by atoms with Crippen molar-refractivity contribution in [2.24, 2.45) is 5.92 Å². The number of carbonyl (C=O) groups excluding carboxylic acids is 3. The molecule has 2 rings (SSSR count). The van der Waals surface area contributed by atoms with Gasteiger partial charge in [-0.25, -0.2) is 0 Å². The molecular weight excluding hydrogens is 317 g/mol. The van der Waals surface area contributed by atoms with Crippen LogP contribution in [0.3, 0.4) is 0 Å². The van der Waals surface area contributed by atoms with Crippen molar-refractivity contribution < 1.29 is 19.1 Å². The molecule has 0 saturated carbocycles. The maximum Gasteiger partial charge on any atom is 0.326 e. The van der Waals surface area contributed by atoms with Gasteiger partial charge in [0.15, 0.2) is 11.7 Å². The summed E-state index contributed by atoms with van der Waals surface area (Å²) in [5, 5.41) is 0.780. The number of ketones is 1. The van der Waals surface area contributed by atoms with Gasteiger partial charge in [0.1, 0.15) is 0 Å². The van der Waals surface area contributed by atoms with Crippen LogP contribution < -0.4 is 0 Å². The lowest BCUT2D eigenvalue weighted by Crippen LogP contribution is -2.31. The van der Waals surface area contributed by atoms with Gasteiger partial charge in [-0.05, 0) is 24.6 Å². The third kappa shape index (κ3) is 3.36. The van der Waals surface area contributed by atoms with Crippen molar-refractivity contribution in [3.8, 4) is 0 Å². The Kier molecular flexibility index (Phi) is 4.85. The molecule has 1 aromatic carbocycles. The summed E-state index contributed by atoms with van der Waals surface area (Å²) < 4.78 is 4.75. The third-order valence-corrected chi connectivity index (χ3v) is 3.85. The molecule has 112 valence electrons. The molecule has 1 heterocycles. The molecule has 0 aromatic heterocycles. The summed E-state index contributed by atoms with van der Waals surface area (Å²) >= 11 is 11.7. The Morgan fingerprint density at radius 3 is 2.67 bits per heavy atom. The number of hydrogen-bond donors (Lipinski definition) is 0. The Labute approximate surface area is 131 Å². The van der Waals surface area contributed by atoms with Gasteiger partial charge in [0.05, 0.1) is 23.2 Å². The number of ether oxygens (including phenoxy) is 1. The van der Waals surface area contributed by atoms with E-state index in [-0.39, 0.29) is 19.7 Å². The number of halogens is 2. The predicted octanol–water partition coefficient (Wildman–Crippen LogP) is 2.08. The average Bonchev–Trinajstić information content (AvgIpc) is 2.69. The van der Waals surface area contributed by atoms with E-state index < -0.39 is 23.6 Å². The van der Waals surface area contributed by atoms with Crippen LogP contribution in [0, 0.1) is 5.92 Å². The van der Waals surface area contributed by atoms with E-state index >= 15 is 0 Å². The SMILES string of the molecule is CCOC(=O)C1C(=O)CN(Cc2ccc(Cl)c(Cl)c2)C1=O. The molecule has 1 amide bonds. The van der Waals surface area contributed by atoms with Crippen LogP contribution in [0.5, 0.6) is 0 Å². The first-order valence-corrected chi connectivity index (χ1v) is 7.11. The second-order valence-corrected chi connectivity index (χ2v) is 5.41. The number of esters is 1. The number of likely N-dealkylation sites (tertiary alicyclic amines) is 1. The molecule has 5 nitrogen and oxygen atoms in total. The standard InChI is InChI=1S/C14H13Cl2NO4/c1-2-21-14(20)12-11(18)7-17(13(12)19)6-8-3-4-9(15)10(16)5-8/h3-5,12H,2,6-7H2,1H3. The molecule has 1 fully saturated rings. The number of nitrogens with zero attached hydrogens (tertiary/aromatic N) is 1. The van der Waals surface area contributed by atoms with Gasteiger partial charge < -0.3 is 9.64 Å². The van der Waals surface area contributed by atoms with Crippen LogP contribution in [0.25, 0.3) is 0 Å². The van der Waals surface area contributed by atoms with Crippen molar-refractivity contribution in [1.82, 2.24) is 4.90 Å². The van der Waals surface area contributed by atoms with Crippen LogP contribution in [0.2, 0.25) is 10.0 Å². The summed E-state index contributed by atoms with van der Waals surface area (Å²) in [6.07, 6.45) is 0. The molecule has 1 aliphatic heterocycles. The van der Waals surface area contributed by atoms with Gasteiger partial charge in [0.25, 0.3) is 0 Å². The lowest BCUT2D eigenvalue weighted by atomic mass is 10.1. The summed E-state index contributed by atoms with van der Waals surface area (Å²) in [6.45, 7) is 1.83. The van der Waals surface area contributed by atoms with Gasteiger partial charge in [-0.2, -0.15) is 0 Å². The highest BCUT2D eigenvalue weighted by molar-refractivity contribution is 6.42. The molecule has 7 heteroatoms. The van der Waals surface area contributed by atoms with Crippen LogP contribution in [0.1, 0.15) is 12.5 Å². The van der Waals surface area contributed by atoms with Crippen LogP contribution in [-0.4, -0.2) is 35.7 Å². The fraction of sp³-hybridized carbons (Fsp3) is 0.357. The predicted molar refractivity (Wildman–Crippen MR) is 77.0 cm³/mol. The minimum absolute atomic E-state index is 0.109. The van der Waals surface area contributed by atoms with E-state index in [0.29, 0.717) is 10.0 Å². The van der Waals surface area contributed by atoms with Crippen molar-refractivity contribution in [2.45, 2.75) is 13.5 Å². The monoisotopic (exact) mass is 329 g/mol. The molecule has 0 bridgehead atoms. The fourth-order valence-electron chi connectivity index (χ4n) is 2.13. The second-order valence-electron chi connectivity index (χ2n) is 4.59. The highest BCUT2D eigenvalue weighted by Crippen LogP contribution is 2.25. The second kappa shape index (κ2) is 6.45. The molecule has 0 spiro atoms. The maximum absolute atomic E-state index is 12.1. The van der Waals surface area contributed by atoms with Crippen LogP contribution in [-0.2, 0) is 25.7 Å². The zero-order valence-corrected chi connectivity index (χ0v) is 12.8. The molecule has 0 aliphatic carbocycles. The van der Waals surface area contributed by atoms with Gasteiger partial charge in [0, 0.05) is 6.54 Å². The molecule has 21 heavy (non-hydrogen) atoms. The molecule has 1 aromatic rings. The van der Waals surface area contributed by atoms with Crippen LogP contribution in [0.15, 0.2) is 18.2 Å². The van der Waals surface area contributed by atoms with Crippen molar-refractivity contribution >= 4 is 40.9 Å². The summed E-state index contributed by atoms with van der Waals surface area (Å²) in [4.78, 5) is 36.9. The largest absolute Gasteiger partial charge is 0.465 e. The Balaban J connectivity index is 2.12. The van der Waals surface area contributed by atoms with Gasteiger partial charge in [0.2, 0.25) is 5.91 Å². The number of benzene rings is 1. The van der Waals surface area contributed by atoms with Crippen molar-refractivity contribution in [1.29, 1.82) is 0 Å². The zero-order chi connectivity index (χ0) is 15.6. The highest BCUT2D eigenvalue weighted by atomic mass is 35.5. The average molecular weight is 330 g/mol. The molecule has 0 N–H and O–H groups in total. The van der Waals surface area contributed by atoms with Crippen LogP contribution in [0.4, 0.5) is 0 Å². The lowest BCUT2D eigenvalue weighted by molar-refractivity contribution is -0.154. The van der Waals surface area contributed by atoms with Crippen molar-refractivity contribution in [3.63, 3.8) is 0 Å². The topological polar surface area (TPSA) is 63.7 Å². The minimum atomic E-state index is -1.34. The molecule has 0 radical (unpaired) electrons. The van der Waals surface area contributed by atoms with Crippen LogP contribution >= 0.6 is 23.2 Å². The summed E-state index contributed by atoms with van der Waals surface area (Å²) in [5.41, 5.74) is 0.732. The smallest absolute Gasteiger partial charge is 0.326 e. The number of rotatable bonds is 4. The maximum atomic E-state index is 12.1. The van der Waals surface area contributed by atoms with E-state index in [1.165, 1.54) is 4.90 Å². The third-order valence-electron chi connectivity index (χ3n) is 3.11. The van der Waals surface area contributed by atoms with E-state index in [0.717, 1.165) is 5.56 Å². The van der Waals surface area contributed by atoms with Gasteiger partial charge in [-0.3, -0.25) is 14.4 Å². The first kappa shape index (κ1) is 15.8. The molecule has 1 unspecified atom stereocenters. The number of amides is 1. The van der Waals surface area contributed by atoms with E-state index in [1.54, 1.807) is 25.1 Å². The number of Topliss-reactive ketones (excluding diaryl/α,β-unsaturated/α-hetero) is 1. The summed E-state index contributed by atoms with van der Waals surface area (Å²) in [6, 6.07) is 4.95. The molecule has 1 atom stereocenters. The Hall–Kier alpha value is -1.59. The number of carbonyl (C=O) groups is 3. The van der Waals surface area contributed by atoms with E-state index in [9.17, 15) is 14.4 Å². The minimum Gasteiger partial charge on any atom is -0.465 e. The first-order valence-electron chi connectivity index (χ1n) is 6.36. The molecule has 1 aliphatic rings. The Morgan fingerprint density at radius 2 is 2.05 bits per heavy atom. The zero-order valence-electron chi connectivity index (χ0n) is 11.3. The normalized spacial score (nSPS) is 18.2. The summed E-state index contributed by atoms with van der Waals surface area (Å²) in [5.74, 6) is -3.11. The first-order chi connectivity index (χ1) is 9.93. The summed E-state index contributed by atoms with van der Waals surface area (Å²) in [7, 11) is 0. The Morgan fingerprint density at radius 1 is 1.33 bits per heavy atom. The van der Waals surface area contributed by atoms with Gasteiger partial charge >= 0.3 is 5.97 Å².